The molecule has 0 spiro atoms. The number of carbonyl (C=O) groups is 1. The molecule has 1 rings (SSSR count). The number of methoxy groups -OCH3 is 1. The summed E-state index contributed by atoms with van der Waals surface area (Å²) >= 11 is 3.32. The summed E-state index contributed by atoms with van der Waals surface area (Å²) in [6.45, 7) is 4.03. The average Bonchev–Trinajstić information content (AvgIpc) is 2.29. The van der Waals surface area contributed by atoms with E-state index in [0.29, 0.717) is 21.5 Å². The van der Waals surface area contributed by atoms with Crippen LogP contribution in [0.2, 0.25) is 0 Å². The molecule has 1 atom stereocenters. The first kappa shape index (κ1) is 13.0. The Kier molecular flexibility index (Phi) is 4.80. The minimum absolute atomic E-state index is 0.114. The fraction of sp³-hybridized carbons (Fsp3) is 0.417. The Morgan fingerprint density at radius 1 is 1.44 bits per heavy atom. The molecule has 0 aliphatic carbocycles. The van der Waals surface area contributed by atoms with Gasteiger partial charge < -0.3 is 9.47 Å². The second-order valence-electron chi connectivity index (χ2n) is 3.48. The summed E-state index contributed by atoms with van der Waals surface area (Å²) in [5.41, 5.74) is 0.549. The van der Waals surface area contributed by atoms with Crippen molar-refractivity contribution in [2.45, 2.75) is 26.4 Å². The highest BCUT2D eigenvalue weighted by molar-refractivity contribution is 9.10. The van der Waals surface area contributed by atoms with Gasteiger partial charge in [-0.2, -0.15) is 0 Å². The fourth-order valence-corrected chi connectivity index (χ4v) is 1.61. The molecule has 0 aromatic heterocycles. The second-order valence-corrected chi connectivity index (χ2v) is 4.33. The zero-order chi connectivity index (χ0) is 12.1. The van der Waals surface area contributed by atoms with Crippen LogP contribution in [0.1, 0.15) is 30.6 Å². The molecule has 0 heterocycles. The number of ether oxygens (including phenoxy) is 2. The third kappa shape index (κ3) is 2.98. The third-order valence-electron chi connectivity index (χ3n) is 2.31. The summed E-state index contributed by atoms with van der Waals surface area (Å²) in [6.07, 6.45) is 1.80. The monoisotopic (exact) mass is 286 g/mol. The molecule has 0 bridgehead atoms. The zero-order valence-electron chi connectivity index (χ0n) is 9.62. The first-order chi connectivity index (χ1) is 7.62. The van der Waals surface area contributed by atoms with Gasteiger partial charge in [0.1, 0.15) is 0 Å². The van der Waals surface area contributed by atoms with Gasteiger partial charge in [0.15, 0.2) is 17.8 Å². The SMILES string of the molecule is CC[C@@H](C)Oc1cc(Br)c(C=O)cc1OC. The normalized spacial score (nSPS) is 12.0. The highest BCUT2D eigenvalue weighted by Gasteiger charge is 2.11. The van der Waals surface area contributed by atoms with Crippen LogP contribution in [0.3, 0.4) is 0 Å². The van der Waals surface area contributed by atoms with Gasteiger partial charge in [-0.3, -0.25) is 4.79 Å². The Bertz CT molecular complexity index is 377. The second kappa shape index (κ2) is 5.89. The molecule has 1 aromatic rings. The van der Waals surface area contributed by atoms with Gasteiger partial charge in [0.05, 0.1) is 13.2 Å². The van der Waals surface area contributed by atoms with E-state index < -0.39 is 0 Å². The maximum atomic E-state index is 10.8. The van der Waals surface area contributed by atoms with Crippen LogP contribution < -0.4 is 9.47 Å². The Labute approximate surface area is 104 Å². The van der Waals surface area contributed by atoms with Crippen LogP contribution in [0.15, 0.2) is 16.6 Å². The molecule has 0 amide bonds. The van der Waals surface area contributed by atoms with E-state index in [4.69, 9.17) is 9.47 Å². The molecule has 0 aliphatic rings. The summed E-state index contributed by atoms with van der Waals surface area (Å²) in [5.74, 6) is 1.22. The number of hydrogen-bond donors (Lipinski definition) is 0. The fourth-order valence-electron chi connectivity index (χ4n) is 1.19. The van der Waals surface area contributed by atoms with Crippen LogP contribution in [0.25, 0.3) is 0 Å². The van der Waals surface area contributed by atoms with E-state index in [9.17, 15) is 4.79 Å². The smallest absolute Gasteiger partial charge is 0.162 e. The molecule has 1 aromatic carbocycles. The molecule has 88 valence electrons. The number of rotatable bonds is 5. The molecule has 0 saturated heterocycles. The number of carbonyl (C=O) groups excluding carboxylic acids is 1. The van der Waals surface area contributed by atoms with Crippen molar-refractivity contribution in [3.8, 4) is 11.5 Å². The van der Waals surface area contributed by atoms with E-state index in [1.807, 2.05) is 13.8 Å². The average molecular weight is 287 g/mol. The van der Waals surface area contributed by atoms with Gasteiger partial charge in [0.2, 0.25) is 0 Å². The highest BCUT2D eigenvalue weighted by atomic mass is 79.9. The van der Waals surface area contributed by atoms with E-state index in [-0.39, 0.29) is 6.10 Å². The molecular weight excluding hydrogens is 272 g/mol. The molecule has 0 fully saturated rings. The lowest BCUT2D eigenvalue weighted by Gasteiger charge is -2.16. The summed E-state index contributed by atoms with van der Waals surface area (Å²) in [7, 11) is 1.56. The maximum absolute atomic E-state index is 10.8. The lowest BCUT2D eigenvalue weighted by atomic mass is 10.2. The number of halogens is 1. The minimum Gasteiger partial charge on any atom is -0.493 e. The van der Waals surface area contributed by atoms with E-state index >= 15 is 0 Å². The Balaban J connectivity index is 3.07. The van der Waals surface area contributed by atoms with Crippen LogP contribution in [-0.2, 0) is 0 Å². The van der Waals surface area contributed by atoms with Crippen molar-refractivity contribution in [2.24, 2.45) is 0 Å². The van der Waals surface area contributed by atoms with E-state index in [2.05, 4.69) is 15.9 Å². The van der Waals surface area contributed by atoms with Crippen molar-refractivity contribution in [3.05, 3.63) is 22.2 Å². The molecular formula is C12H15BrO3. The largest absolute Gasteiger partial charge is 0.493 e. The van der Waals surface area contributed by atoms with Crippen LogP contribution in [0.4, 0.5) is 0 Å². The first-order valence-electron chi connectivity index (χ1n) is 5.11. The van der Waals surface area contributed by atoms with Crippen LogP contribution >= 0.6 is 15.9 Å². The van der Waals surface area contributed by atoms with Gasteiger partial charge in [-0.05, 0) is 41.4 Å². The summed E-state index contributed by atoms with van der Waals surface area (Å²) in [6, 6.07) is 3.42. The molecule has 0 saturated carbocycles. The minimum atomic E-state index is 0.114. The summed E-state index contributed by atoms with van der Waals surface area (Å²) in [5, 5.41) is 0. The lowest BCUT2D eigenvalue weighted by Crippen LogP contribution is -2.10. The molecule has 16 heavy (non-hydrogen) atoms. The van der Waals surface area contributed by atoms with Gasteiger partial charge >= 0.3 is 0 Å². The topological polar surface area (TPSA) is 35.5 Å². The molecule has 0 aliphatic heterocycles. The van der Waals surface area contributed by atoms with Gasteiger partial charge in [-0.25, -0.2) is 0 Å². The van der Waals surface area contributed by atoms with Crippen molar-refractivity contribution in [1.29, 1.82) is 0 Å². The van der Waals surface area contributed by atoms with Gasteiger partial charge in [0, 0.05) is 10.0 Å². The maximum Gasteiger partial charge on any atom is 0.162 e. The molecule has 0 radical (unpaired) electrons. The Morgan fingerprint density at radius 2 is 2.12 bits per heavy atom. The molecule has 4 heteroatoms. The Hall–Kier alpha value is -1.03. The quantitative estimate of drug-likeness (QED) is 0.778. The van der Waals surface area contributed by atoms with Crippen molar-refractivity contribution in [2.75, 3.05) is 7.11 Å². The number of aldehydes is 1. The number of hydrogen-bond acceptors (Lipinski definition) is 3. The zero-order valence-corrected chi connectivity index (χ0v) is 11.2. The van der Waals surface area contributed by atoms with Crippen molar-refractivity contribution in [1.82, 2.24) is 0 Å². The third-order valence-corrected chi connectivity index (χ3v) is 3.00. The number of benzene rings is 1. The van der Waals surface area contributed by atoms with Crippen LogP contribution in [-0.4, -0.2) is 19.5 Å². The van der Waals surface area contributed by atoms with E-state index in [1.165, 1.54) is 0 Å². The van der Waals surface area contributed by atoms with Gasteiger partial charge in [0.25, 0.3) is 0 Å². The predicted molar refractivity (Wildman–Crippen MR) is 66.5 cm³/mol. The molecule has 0 N–H and O–H groups in total. The molecule has 0 unspecified atom stereocenters. The Morgan fingerprint density at radius 3 is 2.62 bits per heavy atom. The van der Waals surface area contributed by atoms with E-state index in [1.54, 1.807) is 19.2 Å². The van der Waals surface area contributed by atoms with Crippen LogP contribution in [0, 0.1) is 0 Å². The van der Waals surface area contributed by atoms with Crippen molar-refractivity contribution >= 4 is 22.2 Å². The first-order valence-corrected chi connectivity index (χ1v) is 5.91. The van der Waals surface area contributed by atoms with Gasteiger partial charge in [-0.15, -0.1) is 0 Å². The summed E-state index contributed by atoms with van der Waals surface area (Å²) in [4.78, 5) is 10.8. The molecule has 3 nitrogen and oxygen atoms in total. The lowest BCUT2D eigenvalue weighted by molar-refractivity contribution is 0.112. The van der Waals surface area contributed by atoms with Crippen molar-refractivity contribution in [3.63, 3.8) is 0 Å². The summed E-state index contributed by atoms with van der Waals surface area (Å²) < 4.78 is 11.6. The highest BCUT2D eigenvalue weighted by Crippen LogP contribution is 2.33. The van der Waals surface area contributed by atoms with Crippen molar-refractivity contribution < 1.29 is 14.3 Å². The van der Waals surface area contributed by atoms with E-state index in [0.717, 1.165) is 12.7 Å². The van der Waals surface area contributed by atoms with Crippen LogP contribution in [0.5, 0.6) is 11.5 Å². The van der Waals surface area contributed by atoms with Gasteiger partial charge in [-0.1, -0.05) is 6.92 Å². The predicted octanol–water partition coefficient (Wildman–Crippen LogP) is 3.45. The standard InChI is InChI=1S/C12H15BrO3/c1-4-8(2)16-12-6-10(13)9(7-14)5-11(12)15-3/h5-8H,4H2,1-3H3/t8-/m1/s1.